The fraction of sp³-hybridized carbons (Fsp3) is 0.375. The number of hydrogen-bond acceptors (Lipinski definition) is 4. The van der Waals surface area contributed by atoms with Gasteiger partial charge in [0, 0.05) is 47.3 Å². The monoisotopic (exact) mass is 584 g/mol. The second kappa shape index (κ2) is 12.9. The van der Waals surface area contributed by atoms with Crippen LogP contribution in [-0.2, 0) is 26.1 Å². The van der Waals surface area contributed by atoms with E-state index in [-0.39, 0.29) is 12.3 Å². The molecule has 5 rings (SSSR count). The van der Waals surface area contributed by atoms with Gasteiger partial charge >= 0.3 is 6.36 Å². The van der Waals surface area contributed by atoms with Gasteiger partial charge in [0.1, 0.15) is 5.75 Å². The summed E-state index contributed by atoms with van der Waals surface area (Å²) in [6.07, 6.45) is 1.45. The maximum Gasteiger partial charge on any atom is 0.573 e. The number of benzene rings is 3. The molecule has 4 aromatic rings. The lowest BCUT2D eigenvalue weighted by Gasteiger charge is -2.32. The highest BCUT2D eigenvalue weighted by Crippen LogP contribution is 2.36. The zero-order chi connectivity index (χ0) is 29.0. The summed E-state index contributed by atoms with van der Waals surface area (Å²) in [6.45, 7) is 4.31. The molecule has 3 aromatic carbocycles. The van der Waals surface area contributed by atoms with E-state index in [1.165, 1.54) is 23.3 Å². The van der Waals surface area contributed by atoms with E-state index in [2.05, 4.69) is 50.7 Å². The number of hydrogen-bond donors (Lipinski definition) is 2. The van der Waals surface area contributed by atoms with E-state index in [4.69, 9.17) is 23.1 Å². The molecule has 0 spiro atoms. The van der Waals surface area contributed by atoms with Crippen LogP contribution >= 0.6 is 11.6 Å². The molecule has 218 valence electrons. The van der Waals surface area contributed by atoms with Gasteiger partial charge in [-0.25, -0.2) is 0 Å². The third kappa shape index (κ3) is 7.43. The summed E-state index contributed by atoms with van der Waals surface area (Å²) in [5.41, 5.74) is 17.7. The molecule has 1 aromatic heterocycles. The first-order valence-electron chi connectivity index (χ1n) is 14.1. The largest absolute Gasteiger partial charge is 0.573 e. The second-order valence-electron chi connectivity index (χ2n) is 10.9. The third-order valence-electron chi connectivity index (χ3n) is 7.90. The Balaban J connectivity index is 1.37. The number of piperidine rings is 1. The smallest absolute Gasteiger partial charge is 0.406 e. The Kier molecular flexibility index (Phi) is 9.24. The van der Waals surface area contributed by atoms with E-state index >= 15 is 0 Å². The molecule has 0 unspecified atom stereocenters. The minimum absolute atomic E-state index is 0.0870. The summed E-state index contributed by atoms with van der Waals surface area (Å²) in [5, 5.41) is 1.84. The Morgan fingerprint density at radius 1 is 0.927 bits per heavy atom. The van der Waals surface area contributed by atoms with Gasteiger partial charge in [-0.05, 0) is 110 Å². The Labute approximate surface area is 243 Å². The summed E-state index contributed by atoms with van der Waals surface area (Å²) in [4.78, 5) is 2.50. The van der Waals surface area contributed by atoms with Crippen molar-refractivity contribution in [1.29, 1.82) is 0 Å². The van der Waals surface area contributed by atoms with Gasteiger partial charge in [-0.2, -0.15) is 0 Å². The molecule has 1 aliphatic heterocycles. The fourth-order valence-corrected chi connectivity index (χ4v) is 6.12. The molecule has 0 saturated carbocycles. The van der Waals surface area contributed by atoms with Crippen molar-refractivity contribution in [1.82, 2.24) is 9.47 Å². The fourth-order valence-electron chi connectivity index (χ4n) is 5.91. The van der Waals surface area contributed by atoms with Crippen LogP contribution in [0, 0.1) is 5.92 Å². The van der Waals surface area contributed by atoms with Crippen molar-refractivity contribution >= 4 is 22.5 Å². The molecule has 2 heterocycles. The van der Waals surface area contributed by atoms with Crippen molar-refractivity contribution in [3.63, 3.8) is 0 Å². The summed E-state index contributed by atoms with van der Waals surface area (Å²) in [7, 11) is 0. The van der Waals surface area contributed by atoms with Crippen molar-refractivity contribution in [3.8, 4) is 16.9 Å². The highest BCUT2D eigenvalue weighted by atomic mass is 35.5. The van der Waals surface area contributed by atoms with Gasteiger partial charge in [-0.15, -0.1) is 13.2 Å². The number of nitrogens with zero attached hydrogens (tertiary/aromatic N) is 2. The van der Waals surface area contributed by atoms with Gasteiger partial charge < -0.3 is 20.8 Å². The highest BCUT2D eigenvalue weighted by molar-refractivity contribution is 6.30. The molecule has 0 aliphatic carbocycles. The van der Waals surface area contributed by atoms with Crippen LogP contribution < -0.4 is 16.2 Å². The number of alkyl halides is 3. The molecular weight excluding hydrogens is 549 g/mol. The molecular formula is C32H36ClF3N4O. The summed E-state index contributed by atoms with van der Waals surface area (Å²) in [5.74, 6) is 0.377. The van der Waals surface area contributed by atoms with Gasteiger partial charge in [-0.1, -0.05) is 35.9 Å². The van der Waals surface area contributed by atoms with Crippen LogP contribution in [0.4, 0.5) is 13.2 Å². The molecule has 9 heteroatoms. The van der Waals surface area contributed by atoms with E-state index in [0.717, 1.165) is 78.9 Å². The summed E-state index contributed by atoms with van der Waals surface area (Å²) in [6, 6.07) is 19.1. The minimum Gasteiger partial charge on any atom is -0.406 e. The maximum absolute atomic E-state index is 12.8. The van der Waals surface area contributed by atoms with Crippen molar-refractivity contribution in [2.75, 3.05) is 19.6 Å². The molecule has 0 atom stereocenters. The number of aryl methyl sites for hydroxylation is 1. The van der Waals surface area contributed by atoms with Gasteiger partial charge in [-0.3, -0.25) is 4.90 Å². The average Bonchev–Trinajstić information content (AvgIpc) is 3.29. The van der Waals surface area contributed by atoms with Gasteiger partial charge in [0.25, 0.3) is 0 Å². The maximum atomic E-state index is 12.8. The van der Waals surface area contributed by atoms with Crippen LogP contribution in [-0.4, -0.2) is 35.5 Å². The molecule has 1 fully saturated rings. The second-order valence-corrected chi connectivity index (χ2v) is 11.3. The molecule has 5 nitrogen and oxygen atoms in total. The van der Waals surface area contributed by atoms with E-state index < -0.39 is 6.36 Å². The summed E-state index contributed by atoms with van der Waals surface area (Å²) >= 11 is 6.17. The quantitative estimate of drug-likeness (QED) is 0.208. The first kappa shape index (κ1) is 29.5. The highest BCUT2D eigenvalue weighted by Gasteiger charge is 2.31. The number of nitrogens with two attached hydrogens (primary N) is 2. The van der Waals surface area contributed by atoms with Crippen molar-refractivity contribution in [2.45, 2.75) is 51.7 Å². The zero-order valence-corrected chi connectivity index (χ0v) is 23.7. The normalized spacial score (nSPS) is 15.1. The standard InChI is InChI=1S/C32H36ClF3N4O/c33-26-4-1-3-23(16-26)15-22-9-13-39(14-10-22)20-24-5-8-31-29(17-24)30(21-40(31)12-2-11-37)28-7-6-27(18-25(28)19-38)41-32(34,35)36/h1,3-8,16-18,21-22H,2,9-15,19-20,37-38H2. The van der Waals surface area contributed by atoms with Gasteiger partial charge in [0.05, 0.1) is 0 Å². The molecule has 1 aliphatic rings. The SMILES string of the molecule is NCCCn1cc(-c2ccc(OC(F)(F)F)cc2CN)c2cc(CN3CCC(Cc4cccc(Cl)c4)CC3)ccc21. The molecule has 0 radical (unpaired) electrons. The zero-order valence-electron chi connectivity index (χ0n) is 23.0. The lowest BCUT2D eigenvalue weighted by atomic mass is 9.90. The van der Waals surface area contributed by atoms with Crippen LogP contribution in [0.3, 0.4) is 0 Å². The van der Waals surface area contributed by atoms with Crippen LogP contribution in [0.15, 0.2) is 66.9 Å². The van der Waals surface area contributed by atoms with E-state index in [1.807, 2.05) is 12.1 Å². The predicted octanol–water partition coefficient (Wildman–Crippen LogP) is 7.12. The number of rotatable bonds is 10. The molecule has 1 saturated heterocycles. The van der Waals surface area contributed by atoms with Crippen LogP contribution in [0.5, 0.6) is 5.75 Å². The number of ether oxygens (including phenoxy) is 1. The topological polar surface area (TPSA) is 69.4 Å². The van der Waals surface area contributed by atoms with Crippen molar-refractivity contribution < 1.29 is 17.9 Å². The van der Waals surface area contributed by atoms with E-state index in [1.54, 1.807) is 6.07 Å². The average molecular weight is 585 g/mol. The molecule has 4 N–H and O–H groups in total. The summed E-state index contributed by atoms with van der Waals surface area (Å²) < 4.78 is 44.8. The van der Waals surface area contributed by atoms with E-state index in [0.29, 0.717) is 18.0 Å². The van der Waals surface area contributed by atoms with Gasteiger partial charge in [0.2, 0.25) is 0 Å². The Morgan fingerprint density at radius 3 is 2.44 bits per heavy atom. The Bertz CT molecular complexity index is 1480. The first-order chi connectivity index (χ1) is 19.7. The molecule has 41 heavy (non-hydrogen) atoms. The Morgan fingerprint density at radius 2 is 1.73 bits per heavy atom. The lowest BCUT2D eigenvalue weighted by Crippen LogP contribution is -2.33. The Hall–Kier alpha value is -3.04. The number of likely N-dealkylation sites (tertiary alicyclic amines) is 1. The predicted molar refractivity (Wildman–Crippen MR) is 159 cm³/mol. The van der Waals surface area contributed by atoms with Crippen LogP contribution in [0.2, 0.25) is 5.02 Å². The van der Waals surface area contributed by atoms with Crippen LogP contribution in [0.1, 0.15) is 36.0 Å². The number of fused-ring (bicyclic) bond motifs is 1. The number of halogens is 4. The number of aromatic nitrogens is 1. The minimum atomic E-state index is -4.76. The molecule has 0 bridgehead atoms. The van der Waals surface area contributed by atoms with Crippen molar-refractivity contribution in [2.24, 2.45) is 17.4 Å². The lowest BCUT2D eigenvalue weighted by molar-refractivity contribution is -0.274. The molecule has 0 amide bonds. The van der Waals surface area contributed by atoms with Crippen molar-refractivity contribution in [3.05, 3.63) is 88.6 Å². The third-order valence-corrected chi connectivity index (χ3v) is 8.13. The van der Waals surface area contributed by atoms with Crippen LogP contribution in [0.25, 0.3) is 22.0 Å². The van der Waals surface area contributed by atoms with E-state index in [9.17, 15) is 13.2 Å². The first-order valence-corrected chi connectivity index (χ1v) is 14.5. The van der Waals surface area contributed by atoms with Gasteiger partial charge in [0.15, 0.2) is 0 Å².